The Hall–Kier alpha value is -0.830. The molecule has 0 aromatic carbocycles. The van der Waals surface area contributed by atoms with Crippen molar-refractivity contribution in [3.63, 3.8) is 0 Å². The quantitative estimate of drug-likeness (QED) is 0.666. The maximum atomic E-state index is 5.84. The fraction of sp³-hybridized carbons (Fsp3) is 0.769. The summed E-state index contributed by atoms with van der Waals surface area (Å²) in [7, 11) is 0. The number of nitrogens with zero attached hydrogens (tertiary/aromatic N) is 2. The zero-order chi connectivity index (χ0) is 11.0. The molecule has 4 aliphatic heterocycles. The van der Waals surface area contributed by atoms with Gasteiger partial charge >= 0.3 is 0 Å². The molecule has 3 saturated heterocycles. The lowest BCUT2D eigenvalue weighted by Gasteiger charge is -2.49. The molecule has 1 spiro atoms. The predicted molar refractivity (Wildman–Crippen MR) is 64.5 cm³/mol. The molecular formula is C13H20N2O. The lowest BCUT2D eigenvalue weighted by atomic mass is 9.73. The highest BCUT2D eigenvalue weighted by molar-refractivity contribution is 5.87. The van der Waals surface area contributed by atoms with E-state index in [1.54, 1.807) is 0 Å². The molecule has 4 aliphatic rings. The number of oxime groups is 1. The predicted octanol–water partition coefficient (Wildman–Crippen LogP) is 2.19. The van der Waals surface area contributed by atoms with Crippen molar-refractivity contribution < 1.29 is 4.84 Å². The first-order chi connectivity index (χ1) is 7.82. The Morgan fingerprint density at radius 1 is 1.50 bits per heavy atom. The average Bonchev–Trinajstić information content (AvgIpc) is 2.71. The van der Waals surface area contributed by atoms with E-state index in [1.165, 1.54) is 31.6 Å². The van der Waals surface area contributed by atoms with E-state index in [1.807, 2.05) is 0 Å². The van der Waals surface area contributed by atoms with Gasteiger partial charge < -0.3 is 4.84 Å². The number of hydrogen-bond donors (Lipinski definition) is 0. The molecule has 0 radical (unpaired) electrons. The van der Waals surface area contributed by atoms with Crippen molar-refractivity contribution in [1.82, 2.24) is 4.90 Å². The molecule has 1 unspecified atom stereocenters. The smallest absolute Gasteiger partial charge is 0.158 e. The van der Waals surface area contributed by atoms with Crippen LogP contribution in [0.25, 0.3) is 0 Å². The van der Waals surface area contributed by atoms with Crippen LogP contribution in [0.1, 0.15) is 32.6 Å². The molecule has 0 aliphatic carbocycles. The van der Waals surface area contributed by atoms with Gasteiger partial charge in [0.25, 0.3) is 0 Å². The van der Waals surface area contributed by atoms with E-state index < -0.39 is 0 Å². The number of hydrogen-bond acceptors (Lipinski definition) is 3. The molecule has 3 nitrogen and oxygen atoms in total. The molecule has 4 heterocycles. The Balaban J connectivity index is 1.69. The summed E-state index contributed by atoms with van der Waals surface area (Å²) in [5.74, 6) is 0.740. The van der Waals surface area contributed by atoms with Crippen LogP contribution >= 0.6 is 0 Å². The topological polar surface area (TPSA) is 24.8 Å². The van der Waals surface area contributed by atoms with Gasteiger partial charge in [0.05, 0.1) is 5.71 Å². The second kappa shape index (κ2) is 3.88. The summed E-state index contributed by atoms with van der Waals surface area (Å²) in [6, 6.07) is 0. The number of fused-ring (bicyclic) bond motifs is 2. The van der Waals surface area contributed by atoms with Crippen LogP contribution in [0, 0.1) is 5.92 Å². The van der Waals surface area contributed by atoms with Crippen LogP contribution in [0.3, 0.4) is 0 Å². The summed E-state index contributed by atoms with van der Waals surface area (Å²) in [5.41, 5.74) is 1.28. The van der Waals surface area contributed by atoms with E-state index >= 15 is 0 Å². The van der Waals surface area contributed by atoms with Gasteiger partial charge in [-0.1, -0.05) is 17.3 Å². The molecule has 0 saturated carbocycles. The lowest BCUT2D eigenvalue weighted by molar-refractivity contribution is -0.136. The van der Waals surface area contributed by atoms with Crippen LogP contribution in [-0.2, 0) is 4.84 Å². The molecule has 3 fully saturated rings. The second-order valence-corrected chi connectivity index (χ2v) is 5.31. The van der Waals surface area contributed by atoms with Crippen molar-refractivity contribution in [2.24, 2.45) is 11.1 Å². The van der Waals surface area contributed by atoms with E-state index in [0.29, 0.717) is 0 Å². The van der Waals surface area contributed by atoms with Gasteiger partial charge in [0.1, 0.15) is 0 Å². The zero-order valence-electron chi connectivity index (χ0n) is 9.98. The fourth-order valence-electron chi connectivity index (χ4n) is 3.36. The van der Waals surface area contributed by atoms with Crippen LogP contribution in [0.4, 0.5) is 0 Å². The van der Waals surface area contributed by atoms with E-state index in [2.05, 4.69) is 29.1 Å². The third-order valence-corrected chi connectivity index (χ3v) is 4.27. The van der Waals surface area contributed by atoms with E-state index in [4.69, 9.17) is 4.84 Å². The minimum absolute atomic E-state index is 0.0490. The third-order valence-electron chi connectivity index (χ3n) is 4.27. The van der Waals surface area contributed by atoms with Crippen molar-refractivity contribution in [3.05, 3.63) is 12.2 Å². The Morgan fingerprint density at radius 2 is 2.31 bits per heavy atom. The Bertz CT molecular complexity index is 329. The molecule has 0 aromatic heterocycles. The Labute approximate surface area is 97.1 Å². The number of allylic oxidation sites excluding steroid dienone is 2. The molecule has 88 valence electrons. The molecule has 3 heteroatoms. The molecule has 2 bridgehead atoms. The van der Waals surface area contributed by atoms with Gasteiger partial charge in [0.15, 0.2) is 5.60 Å². The summed E-state index contributed by atoms with van der Waals surface area (Å²) in [6.45, 7) is 5.68. The first-order valence-corrected chi connectivity index (χ1v) is 6.40. The summed E-state index contributed by atoms with van der Waals surface area (Å²) in [6.07, 6.45) is 8.87. The molecule has 0 aromatic rings. The summed E-state index contributed by atoms with van der Waals surface area (Å²) in [4.78, 5) is 8.37. The van der Waals surface area contributed by atoms with Crippen LogP contribution in [0.5, 0.6) is 0 Å². The van der Waals surface area contributed by atoms with Gasteiger partial charge in [0, 0.05) is 25.3 Å². The number of rotatable bonds is 2. The maximum Gasteiger partial charge on any atom is 0.158 e. The van der Waals surface area contributed by atoms with Crippen LogP contribution in [0.15, 0.2) is 17.3 Å². The lowest BCUT2D eigenvalue weighted by Crippen LogP contribution is -2.59. The van der Waals surface area contributed by atoms with Gasteiger partial charge in [0.2, 0.25) is 0 Å². The van der Waals surface area contributed by atoms with Gasteiger partial charge in [-0.2, -0.15) is 0 Å². The molecule has 4 rings (SSSR count). The van der Waals surface area contributed by atoms with Crippen molar-refractivity contribution in [3.8, 4) is 0 Å². The SMILES string of the molecule is C/C=C/CC1=NOC2(C1)CN1CCC2CC1. The zero-order valence-corrected chi connectivity index (χ0v) is 9.98. The molecule has 1 atom stereocenters. The highest BCUT2D eigenvalue weighted by Crippen LogP contribution is 2.43. The highest BCUT2D eigenvalue weighted by Gasteiger charge is 2.51. The van der Waals surface area contributed by atoms with E-state index in [9.17, 15) is 0 Å². The largest absolute Gasteiger partial charge is 0.387 e. The summed E-state index contributed by atoms with van der Waals surface area (Å²) in [5, 5.41) is 4.31. The Morgan fingerprint density at radius 3 is 2.94 bits per heavy atom. The van der Waals surface area contributed by atoms with E-state index in [-0.39, 0.29) is 5.60 Å². The molecule has 0 amide bonds. The average molecular weight is 220 g/mol. The minimum atomic E-state index is 0.0490. The first-order valence-electron chi connectivity index (χ1n) is 6.40. The summed E-state index contributed by atoms with van der Waals surface area (Å²) >= 11 is 0. The van der Waals surface area contributed by atoms with Crippen LogP contribution in [-0.4, -0.2) is 35.8 Å². The minimum Gasteiger partial charge on any atom is -0.387 e. The third kappa shape index (κ3) is 1.58. The Kier molecular flexibility index (Phi) is 2.51. The fourth-order valence-corrected chi connectivity index (χ4v) is 3.36. The highest BCUT2D eigenvalue weighted by atomic mass is 16.7. The standard InChI is InChI=1S/C13H20N2O/c1-2-3-4-12-9-13(16-14-12)10-15-7-5-11(13)6-8-15/h2-3,11H,4-10H2,1H3/b3-2+. The van der Waals surface area contributed by atoms with Gasteiger partial charge in [-0.15, -0.1) is 0 Å². The van der Waals surface area contributed by atoms with Gasteiger partial charge in [-0.25, -0.2) is 0 Å². The monoisotopic (exact) mass is 220 g/mol. The van der Waals surface area contributed by atoms with Crippen LogP contribution in [0.2, 0.25) is 0 Å². The van der Waals surface area contributed by atoms with Gasteiger partial charge in [-0.3, -0.25) is 4.90 Å². The van der Waals surface area contributed by atoms with Gasteiger partial charge in [-0.05, 0) is 32.9 Å². The normalized spacial score (nSPS) is 41.7. The molecule has 16 heavy (non-hydrogen) atoms. The first kappa shape index (κ1) is 10.3. The molecule has 0 N–H and O–H groups in total. The van der Waals surface area contributed by atoms with Crippen molar-refractivity contribution in [2.75, 3.05) is 19.6 Å². The van der Waals surface area contributed by atoms with Crippen molar-refractivity contribution >= 4 is 5.71 Å². The second-order valence-electron chi connectivity index (χ2n) is 5.31. The summed E-state index contributed by atoms with van der Waals surface area (Å²) < 4.78 is 0. The molecular weight excluding hydrogens is 200 g/mol. The maximum absolute atomic E-state index is 5.84. The van der Waals surface area contributed by atoms with Crippen molar-refractivity contribution in [1.29, 1.82) is 0 Å². The number of piperidine rings is 3. The van der Waals surface area contributed by atoms with Crippen molar-refractivity contribution in [2.45, 2.75) is 38.2 Å². The van der Waals surface area contributed by atoms with E-state index in [0.717, 1.165) is 25.3 Å². The van der Waals surface area contributed by atoms with Crippen LogP contribution < -0.4 is 0 Å².